The third kappa shape index (κ3) is 4.29. The van der Waals surface area contributed by atoms with E-state index in [4.69, 9.17) is 4.74 Å². The molecule has 0 fully saturated rings. The maximum Gasteiger partial charge on any atom is 0.359 e. The van der Waals surface area contributed by atoms with Crippen LogP contribution in [0, 0.1) is 0 Å². The van der Waals surface area contributed by atoms with Crippen molar-refractivity contribution in [1.82, 2.24) is 0 Å². The SMILES string of the molecule is COc1ccccc1C[P+](=O)CS(C)(=O)=O. The fraction of sp³-hybridized carbons (Fsp3) is 0.400. The highest BCUT2D eigenvalue weighted by Gasteiger charge is 2.24. The second-order valence-corrected chi connectivity index (χ2v) is 7.67. The van der Waals surface area contributed by atoms with Gasteiger partial charge in [-0.1, -0.05) is 22.8 Å². The summed E-state index contributed by atoms with van der Waals surface area (Å²) in [5.41, 5.74) is 0.496. The maximum absolute atomic E-state index is 11.6. The molecule has 6 heteroatoms. The van der Waals surface area contributed by atoms with Crippen molar-refractivity contribution in [2.24, 2.45) is 0 Å². The Labute approximate surface area is 96.3 Å². The standard InChI is InChI=1S/C10H14O4PS/c1-14-10-6-4-3-5-9(10)7-15(11)8-16(2,12)13/h3-6H,7-8H2,1-2H3/q+1. The summed E-state index contributed by atoms with van der Waals surface area (Å²) >= 11 is 0. The van der Waals surface area contributed by atoms with Crippen LogP contribution in [0.15, 0.2) is 24.3 Å². The summed E-state index contributed by atoms with van der Waals surface area (Å²) in [4.78, 5) is 0. The molecule has 0 saturated heterocycles. The second-order valence-electron chi connectivity index (χ2n) is 3.51. The van der Waals surface area contributed by atoms with E-state index in [2.05, 4.69) is 0 Å². The van der Waals surface area contributed by atoms with Crippen LogP contribution < -0.4 is 4.74 Å². The van der Waals surface area contributed by atoms with Crippen LogP contribution in [-0.2, 0) is 20.6 Å². The molecule has 88 valence electrons. The van der Waals surface area contributed by atoms with Crippen molar-refractivity contribution in [3.05, 3.63) is 29.8 Å². The first-order chi connectivity index (χ1) is 7.42. The van der Waals surface area contributed by atoms with E-state index in [-0.39, 0.29) is 11.7 Å². The van der Waals surface area contributed by atoms with Gasteiger partial charge >= 0.3 is 7.80 Å². The maximum atomic E-state index is 11.6. The van der Waals surface area contributed by atoms with E-state index in [1.807, 2.05) is 12.1 Å². The lowest BCUT2D eigenvalue weighted by molar-refractivity contribution is 0.411. The smallest absolute Gasteiger partial charge is 0.359 e. The zero-order valence-corrected chi connectivity index (χ0v) is 10.9. The highest BCUT2D eigenvalue weighted by Crippen LogP contribution is 2.32. The minimum absolute atomic E-state index is 0.229. The van der Waals surface area contributed by atoms with Crippen molar-refractivity contribution in [3.8, 4) is 5.75 Å². The number of benzene rings is 1. The largest absolute Gasteiger partial charge is 0.496 e. The average Bonchev–Trinajstić information content (AvgIpc) is 2.15. The molecule has 0 N–H and O–H groups in total. The van der Waals surface area contributed by atoms with Gasteiger partial charge < -0.3 is 4.74 Å². The number of ether oxygens (including phenoxy) is 1. The van der Waals surface area contributed by atoms with Crippen molar-refractivity contribution in [1.29, 1.82) is 0 Å². The molecule has 0 aliphatic rings. The predicted octanol–water partition coefficient (Wildman–Crippen LogP) is 2.02. The minimum Gasteiger partial charge on any atom is -0.496 e. The Balaban J connectivity index is 2.77. The van der Waals surface area contributed by atoms with Gasteiger partial charge in [-0.25, -0.2) is 8.42 Å². The van der Waals surface area contributed by atoms with E-state index < -0.39 is 17.6 Å². The molecule has 1 unspecified atom stereocenters. The van der Waals surface area contributed by atoms with Crippen molar-refractivity contribution in [2.45, 2.75) is 6.16 Å². The first-order valence-electron chi connectivity index (χ1n) is 4.64. The Morgan fingerprint density at radius 2 is 1.94 bits per heavy atom. The molecule has 0 aromatic heterocycles. The molecule has 1 rings (SSSR count). The zero-order valence-electron chi connectivity index (χ0n) is 9.21. The van der Waals surface area contributed by atoms with Crippen LogP contribution in [0.4, 0.5) is 0 Å². The fourth-order valence-corrected chi connectivity index (χ4v) is 4.43. The first kappa shape index (κ1) is 13.1. The summed E-state index contributed by atoms with van der Waals surface area (Å²) in [6.07, 6.45) is 1.31. The third-order valence-electron chi connectivity index (χ3n) is 1.92. The Morgan fingerprint density at radius 3 is 2.50 bits per heavy atom. The van der Waals surface area contributed by atoms with Gasteiger partial charge in [0.25, 0.3) is 0 Å². The molecular formula is C10H14O4PS+. The van der Waals surface area contributed by atoms with E-state index in [0.29, 0.717) is 5.75 Å². The van der Waals surface area contributed by atoms with E-state index in [9.17, 15) is 13.0 Å². The highest BCUT2D eigenvalue weighted by molar-refractivity contribution is 7.95. The molecule has 16 heavy (non-hydrogen) atoms. The van der Waals surface area contributed by atoms with Gasteiger partial charge in [0.2, 0.25) is 5.49 Å². The van der Waals surface area contributed by atoms with E-state index >= 15 is 0 Å². The van der Waals surface area contributed by atoms with Gasteiger partial charge in [0, 0.05) is 11.8 Å². The summed E-state index contributed by atoms with van der Waals surface area (Å²) in [5, 5.41) is 0. The lowest BCUT2D eigenvalue weighted by atomic mass is 10.2. The molecule has 1 aromatic rings. The summed E-state index contributed by atoms with van der Waals surface area (Å²) in [6.45, 7) is 0. The lowest BCUT2D eigenvalue weighted by Gasteiger charge is -2.02. The molecule has 0 aliphatic carbocycles. The number of methoxy groups -OCH3 is 1. The molecule has 0 spiro atoms. The second kappa shape index (κ2) is 5.41. The van der Waals surface area contributed by atoms with Crippen LogP contribution in [0.25, 0.3) is 0 Å². The van der Waals surface area contributed by atoms with Crippen LogP contribution in [-0.4, -0.2) is 27.3 Å². The summed E-state index contributed by atoms with van der Waals surface area (Å²) in [5.74, 6) is 0.638. The van der Waals surface area contributed by atoms with Gasteiger partial charge in [0.15, 0.2) is 16.0 Å². The van der Waals surface area contributed by atoms with Crippen LogP contribution in [0.2, 0.25) is 0 Å². The molecule has 0 saturated carbocycles. The first-order valence-corrected chi connectivity index (χ1v) is 8.33. The molecule has 0 heterocycles. The number of sulfone groups is 1. The van der Waals surface area contributed by atoms with Crippen LogP contribution in [0.5, 0.6) is 5.75 Å². The van der Waals surface area contributed by atoms with Crippen molar-refractivity contribution in [2.75, 3.05) is 18.9 Å². The lowest BCUT2D eigenvalue weighted by Crippen LogP contribution is -2.00. The zero-order chi connectivity index (χ0) is 12.2. The summed E-state index contributed by atoms with van der Waals surface area (Å²) in [7, 11) is -3.44. The molecular weight excluding hydrogens is 247 g/mol. The molecule has 1 atom stereocenters. The van der Waals surface area contributed by atoms with Gasteiger partial charge in [-0.2, -0.15) is 0 Å². The molecule has 0 bridgehead atoms. The van der Waals surface area contributed by atoms with Gasteiger partial charge in [-0.05, 0) is 6.07 Å². The third-order valence-corrected chi connectivity index (χ3v) is 5.64. The Morgan fingerprint density at radius 1 is 1.31 bits per heavy atom. The summed E-state index contributed by atoms with van der Waals surface area (Å²) < 4.78 is 38.7. The number of para-hydroxylation sites is 1. The number of rotatable bonds is 5. The molecule has 0 amide bonds. The quantitative estimate of drug-likeness (QED) is 0.761. The topological polar surface area (TPSA) is 60.4 Å². The Bertz CT molecular complexity index is 481. The molecule has 0 aliphatic heterocycles. The van der Waals surface area contributed by atoms with E-state index in [1.54, 1.807) is 12.1 Å². The number of hydrogen-bond donors (Lipinski definition) is 0. The van der Waals surface area contributed by atoms with Gasteiger partial charge in [-0.3, -0.25) is 0 Å². The molecule has 0 radical (unpaired) electrons. The normalized spacial score (nSPS) is 12.2. The van der Waals surface area contributed by atoms with Crippen LogP contribution >= 0.6 is 7.80 Å². The molecule has 4 nitrogen and oxygen atoms in total. The monoisotopic (exact) mass is 261 g/mol. The Kier molecular flexibility index (Phi) is 4.44. The number of hydrogen-bond acceptors (Lipinski definition) is 4. The van der Waals surface area contributed by atoms with Crippen molar-refractivity contribution >= 4 is 17.6 Å². The average molecular weight is 261 g/mol. The van der Waals surface area contributed by atoms with Gasteiger partial charge in [-0.15, -0.1) is 0 Å². The van der Waals surface area contributed by atoms with E-state index in [1.165, 1.54) is 7.11 Å². The van der Waals surface area contributed by atoms with Crippen LogP contribution in [0.1, 0.15) is 5.56 Å². The van der Waals surface area contributed by atoms with Crippen molar-refractivity contribution < 1.29 is 17.7 Å². The highest BCUT2D eigenvalue weighted by atomic mass is 32.2. The predicted molar refractivity (Wildman–Crippen MR) is 64.0 cm³/mol. The molecule has 1 aromatic carbocycles. The van der Waals surface area contributed by atoms with Crippen LogP contribution in [0.3, 0.4) is 0 Å². The Hall–Kier alpha value is -0.930. The van der Waals surface area contributed by atoms with E-state index in [0.717, 1.165) is 11.8 Å². The van der Waals surface area contributed by atoms with Crippen molar-refractivity contribution in [3.63, 3.8) is 0 Å². The van der Waals surface area contributed by atoms with Gasteiger partial charge in [0.05, 0.1) is 7.11 Å². The summed E-state index contributed by atoms with van der Waals surface area (Å²) in [6, 6.07) is 7.17. The minimum atomic E-state index is -3.19. The van der Waals surface area contributed by atoms with Gasteiger partial charge in [0.1, 0.15) is 5.75 Å². The fourth-order valence-electron chi connectivity index (χ4n) is 1.33.